The lowest BCUT2D eigenvalue weighted by Gasteiger charge is -2.02. The second-order valence-corrected chi connectivity index (χ2v) is 5.02. The van der Waals surface area contributed by atoms with Crippen molar-refractivity contribution in [3.05, 3.63) is 52.6 Å². The highest BCUT2D eigenvalue weighted by atomic mass is 79.9. The molecular weight excluding hydrogens is 286 g/mol. The molecule has 0 aliphatic carbocycles. The van der Waals surface area contributed by atoms with Gasteiger partial charge in [-0.1, -0.05) is 33.8 Å². The Morgan fingerprint density at radius 2 is 2.12 bits per heavy atom. The maximum atomic E-state index is 10.6. The molecule has 2 rings (SSSR count). The molecule has 80 valence electrons. The van der Waals surface area contributed by atoms with Crippen LogP contribution in [-0.4, -0.2) is 11.3 Å². The Morgan fingerprint density at radius 1 is 1.25 bits per heavy atom. The summed E-state index contributed by atoms with van der Waals surface area (Å²) in [6.45, 7) is 0. The third-order valence-corrected chi connectivity index (χ3v) is 3.59. The molecule has 0 unspecified atom stereocenters. The summed E-state index contributed by atoms with van der Waals surface area (Å²) >= 11 is 4.92. The van der Waals surface area contributed by atoms with Crippen LogP contribution in [0.25, 0.3) is 0 Å². The molecule has 0 fully saturated rings. The normalized spacial score (nSPS) is 10.1. The lowest BCUT2D eigenvalue weighted by molar-refractivity contribution is 0.112. The van der Waals surface area contributed by atoms with E-state index in [9.17, 15) is 4.79 Å². The molecule has 1 aromatic heterocycles. The summed E-state index contributed by atoms with van der Waals surface area (Å²) in [4.78, 5) is 15.9. The van der Waals surface area contributed by atoms with Crippen molar-refractivity contribution in [1.29, 1.82) is 0 Å². The lowest BCUT2D eigenvalue weighted by atomic mass is 10.2. The van der Waals surface area contributed by atoms with Gasteiger partial charge in [-0.2, -0.15) is 0 Å². The van der Waals surface area contributed by atoms with E-state index in [1.54, 1.807) is 24.0 Å². The Bertz CT molecular complexity index is 502. The summed E-state index contributed by atoms with van der Waals surface area (Å²) in [6.07, 6.45) is 2.59. The van der Waals surface area contributed by atoms with Gasteiger partial charge in [-0.25, -0.2) is 4.98 Å². The minimum atomic E-state index is 0.658. The Hall–Kier alpha value is -1.13. The SMILES string of the molecule is O=Cc1ccc(Sc2ccccn2)cc1Br. The molecule has 16 heavy (non-hydrogen) atoms. The van der Waals surface area contributed by atoms with Gasteiger partial charge in [0.2, 0.25) is 0 Å². The first-order valence-electron chi connectivity index (χ1n) is 4.63. The van der Waals surface area contributed by atoms with Gasteiger partial charge in [0.05, 0.1) is 0 Å². The van der Waals surface area contributed by atoms with Crippen molar-refractivity contribution >= 4 is 34.0 Å². The van der Waals surface area contributed by atoms with Gasteiger partial charge in [0.15, 0.2) is 6.29 Å². The maximum absolute atomic E-state index is 10.6. The number of nitrogens with zero attached hydrogens (tertiary/aromatic N) is 1. The van der Waals surface area contributed by atoms with Crippen molar-refractivity contribution < 1.29 is 4.79 Å². The molecule has 0 N–H and O–H groups in total. The summed E-state index contributed by atoms with van der Waals surface area (Å²) in [5.74, 6) is 0. The van der Waals surface area contributed by atoms with E-state index in [1.807, 2.05) is 30.3 Å². The summed E-state index contributed by atoms with van der Waals surface area (Å²) in [7, 11) is 0. The van der Waals surface area contributed by atoms with Crippen molar-refractivity contribution in [2.45, 2.75) is 9.92 Å². The smallest absolute Gasteiger partial charge is 0.151 e. The molecule has 2 aromatic rings. The predicted molar refractivity (Wildman–Crippen MR) is 67.9 cm³/mol. The number of hydrogen-bond donors (Lipinski definition) is 0. The first-order valence-corrected chi connectivity index (χ1v) is 6.24. The van der Waals surface area contributed by atoms with Crippen LogP contribution in [0.1, 0.15) is 10.4 Å². The topological polar surface area (TPSA) is 30.0 Å². The average Bonchev–Trinajstić information content (AvgIpc) is 2.31. The van der Waals surface area contributed by atoms with Gasteiger partial charge < -0.3 is 0 Å². The highest BCUT2D eigenvalue weighted by Crippen LogP contribution is 2.29. The number of rotatable bonds is 3. The van der Waals surface area contributed by atoms with E-state index in [2.05, 4.69) is 20.9 Å². The Labute approximate surface area is 106 Å². The van der Waals surface area contributed by atoms with Crippen LogP contribution < -0.4 is 0 Å². The molecule has 1 aromatic carbocycles. The largest absolute Gasteiger partial charge is 0.298 e. The summed E-state index contributed by atoms with van der Waals surface area (Å²) in [5, 5.41) is 0.938. The van der Waals surface area contributed by atoms with Gasteiger partial charge >= 0.3 is 0 Å². The quantitative estimate of drug-likeness (QED) is 0.806. The minimum absolute atomic E-state index is 0.658. The fraction of sp³-hybridized carbons (Fsp3) is 0. The fourth-order valence-corrected chi connectivity index (χ4v) is 2.63. The number of aromatic nitrogens is 1. The van der Waals surface area contributed by atoms with E-state index < -0.39 is 0 Å². The molecule has 1 heterocycles. The van der Waals surface area contributed by atoms with Gasteiger partial charge in [0.25, 0.3) is 0 Å². The first kappa shape index (κ1) is 11.4. The van der Waals surface area contributed by atoms with Crippen molar-refractivity contribution in [2.75, 3.05) is 0 Å². The number of carbonyl (C=O) groups excluding carboxylic acids is 1. The van der Waals surface area contributed by atoms with E-state index in [1.165, 1.54) is 0 Å². The van der Waals surface area contributed by atoms with Gasteiger partial charge in [0.1, 0.15) is 5.03 Å². The summed E-state index contributed by atoms with van der Waals surface area (Å²) in [6, 6.07) is 11.4. The van der Waals surface area contributed by atoms with E-state index in [-0.39, 0.29) is 0 Å². The van der Waals surface area contributed by atoms with Crippen molar-refractivity contribution in [3.63, 3.8) is 0 Å². The van der Waals surface area contributed by atoms with Gasteiger partial charge in [-0.05, 0) is 30.3 Å². The molecule has 0 aliphatic rings. The lowest BCUT2D eigenvalue weighted by Crippen LogP contribution is -1.83. The molecule has 0 radical (unpaired) electrons. The van der Waals surface area contributed by atoms with Gasteiger partial charge in [-0.15, -0.1) is 0 Å². The highest BCUT2D eigenvalue weighted by molar-refractivity contribution is 9.10. The van der Waals surface area contributed by atoms with Crippen LogP contribution in [-0.2, 0) is 0 Å². The number of aldehydes is 1. The zero-order chi connectivity index (χ0) is 11.4. The Morgan fingerprint density at radius 3 is 2.75 bits per heavy atom. The molecular formula is C12H8BrNOS. The van der Waals surface area contributed by atoms with Crippen LogP contribution in [0.2, 0.25) is 0 Å². The van der Waals surface area contributed by atoms with E-state index in [0.29, 0.717) is 5.56 Å². The molecule has 0 saturated heterocycles. The molecule has 0 amide bonds. The van der Waals surface area contributed by atoms with Crippen molar-refractivity contribution in [2.24, 2.45) is 0 Å². The van der Waals surface area contributed by atoms with Crippen LogP contribution in [0.5, 0.6) is 0 Å². The second-order valence-electron chi connectivity index (χ2n) is 3.07. The predicted octanol–water partition coefficient (Wildman–Crippen LogP) is 3.81. The molecule has 0 bridgehead atoms. The third-order valence-electron chi connectivity index (χ3n) is 1.96. The highest BCUT2D eigenvalue weighted by Gasteiger charge is 2.02. The minimum Gasteiger partial charge on any atom is -0.298 e. The number of pyridine rings is 1. The third kappa shape index (κ3) is 2.71. The zero-order valence-corrected chi connectivity index (χ0v) is 10.7. The second kappa shape index (κ2) is 5.27. The van der Waals surface area contributed by atoms with Crippen molar-refractivity contribution in [3.8, 4) is 0 Å². The monoisotopic (exact) mass is 293 g/mol. The van der Waals surface area contributed by atoms with Crippen LogP contribution in [0, 0.1) is 0 Å². The van der Waals surface area contributed by atoms with E-state index >= 15 is 0 Å². The Balaban J connectivity index is 2.23. The molecule has 4 heteroatoms. The van der Waals surface area contributed by atoms with Crippen molar-refractivity contribution in [1.82, 2.24) is 4.98 Å². The number of benzene rings is 1. The molecule has 0 saturated carbocycles. The number of hydrogen-bond acceptors (Lipinski definition) is 3. The summed E-state index contributed by atoms with van der Waals surface area (Å²) < 4.78 is 0.809. The van der Waals surface area contributed by atoms with E-state index in [0.717, 1.165) is 20.7 Å². The van der Waals surface area contributed by atoms with E-state index in [4.69, 9.17) is 0 Å². The number of halogens is 1. The number of carbonyl (C=O) groups is 1. The van der Waals surface area contributed by atoms with Crippen LogP contribution in [0.3, 0.4) is 0 Å². The van der Waals surface area contributed by atoms with Gasteiger partial charge in [-0.3, -0.25) is 4.79 Å². The van der Waals surface area contributed by atoms with Gasteiger partial charge in [0, 0.05) is 21.1 Å². The maximum Gasteiger partial charge on any atom is 0.151 e. The summed E-state index contributed by atoms with van der Waals surface area (Å²) in [5.41, 5.74) is 0.658. The molecule has 0 spiro atoms. The Kier molecular flexibility index (Phi) is 3.74. The molecule has 0 aliphatic heterocycles. The fourth-order valence-electron chi connectivity index (χ4n) is 1.20. The van der Waals surface area contributed by atoms with Crippen LogP contribution in [0.4, 0.5) is 0 Å². The zero-order valence-electron chi connectivity index (χ0n) is 8.26. The van der Waals surface area contributed by atoms with Crippen LogP contribution >= 0.6 is 27.7 Å². The molecule has 0 atom stereocenters. The molecule has 2 nitrogen and oxygen atoms in total. The standard InChI is InChI=1S/C12H8BrNOS/c13-11-7-10(5-4-9(11)8-15)16-12-3-1-2-6-14-12/h1-8H. The average molecular weight is 294 g/mol. The first-order chi connectivity index (χ1) is 7.79. The van der Waals surface area contributed by atoms with Crippen LogP contribution in [0.15, 0.2) is 57.0 Å².